The fourth-order valence-electron chi connectivity index (χ4n) is 3.40. The van der Waals surface area contributed by atoms with Gasteiger partial charge in [0.1, 0.15) is 4.90 Å². The van der Waals surface area contributed by atoms with Crippen LogP contribution in [0.2, 0.25) is 5.02 Å². The van der Waals surface area contributed by atoms with Crippen LogP contribution in [0.1, 0.15) is 57.3 Å². The molecule has 3 amide bonds. The van der Waals surface area contributed by atoms with E-state index in [0.717, 1.165) is 10.7 Å². The Labute approximate surface area is 184 Å². The Morgan fingerprint density at radius 2 is 1.87 bits per heavy atom. The van der Waals surface area contributed by atoms with Crippen LogP contribution < -0.4 is 10.6 Å². The first kappa shape index (κ1) is 21.3. The van der Waals surface area contributed by atoms with Crippen molar-refractivity contribution >= 4 is 45.0 Å². The van der Waals surface area contributed by atoms with E-state index >= 15 is 0 Å². The Balaban J connectivity index is 1.63. The number of hydrogen-bond donors (Lipinski definition) is 2. The van der Waals surface area contributed by atoms with Gasteiger partial charge in [-0.15, -0.1) is 0 Å². The van der Waals surface area contributed by atoms with E-state index in [1.807, 2.05) is 6.92 Å². The lowest BCUT2D eigenvalue weighted by atomic mass is 10.1. The molecule has 0 atom stereocenters. The number of amides is 3. The van der Waals surface area contributed by atoms with Gasteiger partial charge in [-0.25, -0.2) is 12.7 Å². The van der Waals surface area contributed by atoms with Gasteiger partial charge in [0.05, 0.1) is 16.8 Å². The van der Waals surface area contributed by atoms with E-state index < -0.39 is 21.8 Å². The van der Waals surface area contributed by atoms with Crippen LogP contribution in [0.25, 0.3) is 0 Å². The maximum absolute atomic E-state index is 12.9. The van der Waals surface area contributed by atoms with Crippen molar-refractivity contribution in [1.29, 1.82) is 0 Å². The highest BCUT2D eigenvalue weighted by molar-refractivity contribution is 7.90. The van der Waals surface area contributed by atoms with Gasteiger partial charge < -0.3 is 10.6 Å². The molecule has 0 unspecified atom stereocenters. The number of sulfonamides is 1. The summed E-state index contributed by atoms with van der Waals surface area (Å²) < 4.78 is 26.5. The molecule has 162 valence electrons. The van der Waals surface area contributed by atoms with Gasteiger partial charge in [0.25, 0.3) is 27.7 Å². The summed E-state index contributed by atoms with van der Waals surface area (Å²) >= 11 is 6.03. The standard InChI is InChI=1S/C21H20ClN3O5S/c1-2-9-23-20(27)15-8-4-13(22)11-17(15)24-19(26)12-3-7-16-18(10-12)31(29,30)25(21(16)28)14-5-6-14/h3-4,7-8,10-11,14H,2,5-6,9H2,1H3,(H,23,27)(H,24,26). The number of nitrogens with one attached hydrogen (secondary N) is 2. The molecule has 1 aliphatic heterocycles. The first-order valence-corrected chi connectivity index (χ1v) is 11.7. The molecule has 2 aromatic carbocycles. The van der Waals surface area contributed by atoms with Crippen LogP contribution in [0.5, 0.6) is 0 Å². The Hall–Kier alpha value is -2.91. The van der Waals surface area contributed by atoms with Gasteiger partial charge in [-0.05, 0) is 55.7 Å². The first-order chi connectivity index (χ1) is 14.7. The summed E-state index contributed by atoms with van der Waals surface area (Å²) in [5, 5.41) is 5.68. The molecule has 0 radical (unpaired) electrons. The Bertz CT molecular complexity index is 1210. The minimum Gasteiger partial charge on any atom is -0.352 e. The number of rotatable bonds is 6. The smallest absolute Gasteiger partial charge is 0.269 e. The molecule has 4 rings (SSSR count). The fraction of sp³-hybridized carbons (Fsp3) is 0.286. The predicted molar refractivity (Wildman–Crippen MR) is 115 cm³/mol. The van der Waals surface area contributed by atoms with Crippen molar-refractivity contribution in [2.45, 2.75) is 37.1 Å². The number of benzene rings is 2. The molecule has 1 fully saturated rings. The molecule has 2 N–H and O–H groups in total. The number of halogens is 1. The zero-order valence-corrected chi connectivity index (χ0v) is 18.2. The van der Waals surface area contributed by atoms with Gasteiger partial charge in [-0.1, -0.05) is 18.5 Å². The zero-order chi connectivity index (χ0) is 22.3. The van der Waals surface area contributed by atoms with Crippen molar-refractivity contribution in [1.82, 2.24) is 9.62 Å². The summed E-state index contributed by atoms with van der Waals surface area (Å²) in [5.74, 6) is -1.55. The summed E-state index contributed by atoms with van der Waals surface area (Å²) in [6.07, 6.45) is 2.04. The predicted octanol–water partition coefficient (Wildman–Crippen LogP) is 3.04. The third kappa shape index (κ3) is 3.90. The monoisotopic (exact) mass is 461 g/mol. The summed E-state index contributed by atoms with van der Waals surface area (Å²) in [6, 6.07) is 8.11. The molecule has 0 bridgehead atoms. The SMILES string of the molecule is CCCNC(=O)c1ccc(Cl)cc1NC(=O)c1ccc2c(c1)S(=O)(=O)N(C1CC1)C2=O. The van der Waals surface area contributed by atoms with Gasteiger partial charge in [0.15, 0.2) is 0 Å². The minimum atomic E-state index is -3.98. The third-order valence-electron chi connectivity index (χ3n) is 5.10. The number of carbonyl (C=O) groups is 3. The summed E-state index contributed by atoms with van der Waals surface area (Å²) in [5.41, 5.74) is 0.540. The number of nitrogens with zero attached hydrogens (tertiary/aromatic N) is 1. The molecule has 31 heavy (non-hydrogen) atoms. The second kappa shape index (κ2) is 7.97. The maximum atomic E-state index is 12.9. The Morgan fingerprint density at radius 1 is 1.13 bits per heavy atom. The Kier molecular flexibility index (Phi) is 5.49. The van der Waals surface area contributed by atoms with Crippen molar-refractivity contribution < 1.29 is 22.8 Å². The van der Waals surface area contributed by atoms with E-state index in [1.54, 1.807) is 0 Å². The van der Waals surface area contributed by atoms with Crippen LogP contribution in [-0.4, -0.2) is 43.0 Å². The lowest BCUT2D eigenvalue weighted by molar-refractivity contribution is 0.0863. The van der Waals surface area contributed by atoms with E-state index in [0.29, 0.717) is 24.4 Å². The van der Waals surface area contributed by atoms with Gasteiger partial charge >= 0.3 is 0 Å². The largest absolute Gasteiger partial charge is 0.352 e. The average Bonchev–Trinajstić information content (AvgIpc) is 3.53. The van der Waals surface area contributed by atoms with E-state index in [-0.39, 0.29) is 39.2 Å². The fourth-order valence-corrected chi connectivity index (χ4v) is 5.42. The number of hydrogen-bond acceptors (Lipinski definition) is 5. The zero-order valence-electron chi connectivity index (χ0n) is 16.6. The molecule has 0 saturated heterocycles. The lowest BCUT2D eigenvalue weighted by Crippen LogP contribution is -2.31. The topological polar surface area (TPSA) is 113 Å². The van der Waals surface area contributed by atoms with Gasteiger partial charge in [0, 0.05) is 23.2 Å². The van der Waals surface area contributed by atoms with E-state index in [2.05, 4.69) is 10.6 Å². The van der Waals surface area contributed by atoms with Crippen molar-refractivity contribution in [2.75, 3.05) is 11.9 Å². The van der Waals surface area contributed by atoms with Crippen molar-refractivity contribution in [3.05, 3.63) is 58.1 Å². The quantitative estimate of drug-likeness (QED) is 0.686. The van der Waals surface area contributed by atoms with Gasteiger partial charge in [0.2, 0.25) is 0 Å². The van der Waals surface area contributed by atoms with Crippen molar-refractivity contribution in [2.24, 2.45) is 0 Å². The van der Waals surface area contributed by atoms with E-state index in [1.165, 1.54) is 36.4 Å². The third-order valence-corrected chi connectivity index (χ3v) is 7.21. The van der Waals surface area contributed by atoms with Crippen LogP contribution in [0, 0.1) is 0 Å². The summed E-state index contributed by atoms with van der Waals surface area (Å²) in [7, 11) is -3.98. The lowest BCUT2D eigenvalue weighted by Gasteiger charge is -2.13. The second-order valence-electron chi connectivity index (χ2n) is 7.45. The highest BCUT2D eigenvalue weighted by atomic mass is 35.5. The molecule has 0 aromatic heterocycles. The average molecular weight is 462 g/mol. The highest BCUT2D eigenvalue weighted by Gasteiger charge is 2.48. The molecule has 8 nitrogen and oxygen atoms in total. The minimum absolute atomic E-state index is 0.0488. The van der Waals surface area contributed by atoms with Crippen LogP contribution >= 0.6 is 11.6 Å². The maximum Gasteiger partial charge on any atom is 0.269 e. The number of anilines is 1. The summed E-state index contributed by atoms with van der Waals surface area (Å²) in [4.78, 5) is 37.6. The van der Waals surface area contributed by atoms with Gasteiger partial charge in [-0.2, -0.15) is 0 Å². The highest BCUT2D eigenvalue weighted by Crippen LogP contribution is 2.39. The number of fused-ring (bicyclic) bond motifs is 1. The van der Waals surface area contributed by atoms with Crippen molar-refractivity contribution in [3.63, 3.8) is 0 Å². The van der Waals surface area contributed by atoms with Crippen molar-refractivity contribution in [3.8, 4) is 0 Å². The molecular formula is C21H20ClN3O5S. The van der Waals surface area contributed by atoms with Crippen LogP contribution in [0.4, 0.5) is 5.69 Å². The van der Waals surface area contributed by atoms with E-state index in [9.17, 15) is 22.8 Å². The molecule has 2 aliphatic rings. The van der Waals surface area contributed by atoms with Crippen LogP contribution in [0.15, 0.2) is 41.3 Å². The molecule has 1 heterocycles. The number of carbonyl (C=O) groups excluding carboxylic acids is 3. The van der Waals surface area contributed by atoms with Crippen LogP contribution in [0.3, 0.4) is 0 Å². The molecule has 1 aliphatic carbocycles. The molecule has 1 saturated carbocycles. The molecule has 10 heteroatoms. The Morgan fingerprint density at radius 3 is 2.55 bits per heavy atom. The molecule has 2 aromatic rings. The molecule has 0 spiro atoms. The normalized spacial score (nSPS) is 16.7. The first-order valence-electron chi connectivity index (χ1n) is 9.86. The van der Waals surface area contributed by atoms with E-state index in [4.69, 9.17) is 11.6 Å². The second-order valence-corrected chi connectivity index (χ2v) is 9.67. The summed E-state index contributed by atoms with van der Waals surface area (Å²) in [6.45, 7) is 2.39. The van der Waals surface area contributed by atoms with Gasteiger partial charge in [-0.3, -0.25) is 14.4 Å². The molecular weight excluding hydrogens is 442 g/mol. The van der Waals surface area contributed by atoms with Crippen LogP contribution in [-0.2, 0) is 10.0 Å².